The Hall–Kier alpha value is -2.04. The van der Waals surface area contributed by atoms with Gasteiger partial charge in [0.25, 0.3) is 0 Å². The summed E-state index contributed by atoms with van der Waals surface area (Å²) in [5.41, 5.74) is -0.946. The van der Waals surface area contributed by atoms with Gasteiger partial charge in [-0.3, -0.25) is 0 Å². The number of hydrogen-bond donors (Lipinski definition) is 1. The van der Waals surface area contributed by atoms with Crippen LogP contribution >= 0.6 is 0 Å². The van der Waals surface area contributed by atoms with Crippen LogP contribution in [-0.2, 0) is 9.53 Å². The van der Waals surface area contributed by atoms with E-state index in [4.69, 9.17) is 9.47 Å². The molecule has 0 heterocycles. The van der Waals surface area contributed by atoms with Gasteiger partial charge >= 0.3 is 12.1 Å². The lowest BCUT2D eigenvalue weighted by Crippen LogP contribution is -2.56. The smallest absolute Gasteiger partial charge is 0.413 e. The monoisotopic (exact) mass is 277 g/mol. The lowest BCUT2D eigenvalue weighted by atomic mass is 9.82. The van der Waals surface area contributed by atoms with Crippen LogP contribution in [0.15, 0.2) is 30.3 Å². The van der Waals surface area contributed by atoms with Crippen molar-refractivity contribution in [1.82, 2.24) is 5.32 Å². The van der Waals surface area contributed by atoms with E-state index in [1.807, 2.05) is 6.07 Å². The Kier molecular flexibility index (Phi) is 4.61. The zero-order chi connectivity index (χ0) is 14.4. The number of hydrogen-bond acceptors (Lipinski definition) is 4. The fraction of sp³-hybridized carbons (Fsp3) is 0.467. The van der Waals surface area contributed by atoms with Gasteiger partial charge in [0.2, 0.25) is 0 Å². The Morgan fingerprint density at radius 3 is 2.35 bits per heavy atom. The van der Waals surface area contributed by atoms with Crippen LogP contribution in [0.4, 0.5) is 4.79 Å². The number of para-hydroxylation sites is 1. The molecule has 0 radical (unpaired) electrons. The van der Waals surface area contributed by atoms with E-state index in [1.54, 1.807) is 24.3 Å². The summed E-state index contributed by atoms with van der Waals surface area (Å²) in [6.07, 6.45) is 3.39. The summed E-state index contributed by atoms with van der Waals surface area (Å²) < 4.78 is 10.0. The summed E-state index contributed by atoms with van der Waals surface area (Å²) in [5.74, 6) is 0.0445. The van der Waals surface area contributed by atoms with Gasteiger partial charge in [-0.15, -0.1) is 0 Å². The Balaban J connectivity index is 2.04. The van der Waals surface area contributed by atoms with Crippen molar-refractivity contribution in [2.75, 3.05) is 7.11 Å². The van der Waals surface area contributed by atoms with Crippen molar-refractivity contribution in [3.8, 4) is 5.75 Å². The quantitative estimate of drug-likeness (QED) is 0.863. The second-order valence-corrected chi connectivity index (χ2v) is 4.96. The summed E-state index contributed by atoms with van der Waals surface area (Å²) in [5, 5.41) is 2.70. The highest BCUT2D eigenvalue weighted by molar-refractivity contribution is 5.86. The number of benzene rings is 1. The van der Waals surface area contributed by atoms with Gasteiger partial charge < -0.3 is 14.8 Å². The number of carbonyl (C=O) groups is 2. The molecule has 1 aliphatic rings. The highest BCUT2D eigenvalue weighted by Crippen LogP contribution is 2.29. The topological polar surface area (TPSA) is 64.6 Å². The molecular weight excluding hydrogens is 258 g/mol. The van der Waals surface area contributed by atoms with E-state index < -0.39 is 17.6 Å². The van der Waals surface area contributed by atoms with Crippen LogP contribution in [0.5, 0.6) is 5.75 Å². The first-order chi connectivity index (χ1) is 9.66. The fourth-order valence-corrected chi connectivity index (χ4v) is 2.55. The van der Waals surface area contributed by atoms with E-state index in [-0.39, 0.29) is 0 Å². The molecule has 5 heteroatoms. The van der Waals surface area contributed by atoms with Crippen molar-refractivity contribution in [2.45, 2.75) is 37.6 Å². The van der Waals surface area contributed by atoms with E-state index in [1.165, 1.54) is 7.11 Å². The minimum atomic E-state index is -0.946. The molecule has 0 saturated heterocycles. The van der Waals surface area contributed by atoms with Gasteiger partial charge in [0.1, 0.15) is 11.3 Å². The number of ether oxygens (including phenoxy) is 2. The number of amides is 1. The third-order valence-corrected chi connectivity index (χ3v) is 3.58. The van der Waals surface area contributed by atoms with Crippen molar-refractivity contribution < 1.29 is 19.1 Å². The molecule has 0 aliphatic heterocycles. The minimum Gasteiger partial charge on any atom is -0.467 e. The second kappa shape index (κ2) is 6.41. The first kappa shape index (κ1) is 14.4. The number of esters is 1. The maximum atomic E-state index is 12.0. The Labute approximate surface area is 118 Å². The summed E-state index contributed by atoms with van der Waals surface area (Å²) in [7, 11) is 1.34. The summed E-state index contributed by atoms with van der Waals surface area (Å²) in [4.78, 5) is 23.9. The SMILES string of the molecule is COC(=O)C1(NC(=O)Oc2ccccc2)CCCCC1. The summed E-state index contributed by atoms with van der Waals surface area (Å²) in [6, 6.07) is 8.76. The van der Waals surface area contributed by atoms with Crippen LogP contribution in [0, 0.1) is 0 Å². The van der Waals surface area contributed by atoms with Gasteiger partial charge in [-0.1, -0.05) is 37.5 Å². The van der Waals surface area contributed by atoms with Crippen LogP contribution in [0.3, 0.4) is 0 Å². The molecule has 0 aromatic heterocycles. The molecule has 0 bridgehead atoms. The normalized spacial score (nSPS) is 17.1. The average Bonchev–Trinajstić information content (AvgIpc) is 2.48. The molecule has 1 amide bonds. The summed E-state index contributed by atoms with van der Waals surface area (Å²) in [6.45, 7) is 0. The third-order valence-electron chi connectivity index (χ3n) is 3.58. The molecule has 0 unspecified atom stereocenters. The van der Waals surface area contributed by atoms with Crippen molar-refractivity contribution in [3.05, 3.63) is 30.3 Å². The van der Waals surface area contributed by atoms with Crippen molar-refractivity contribution in [3.63, 3.8) is 0 Å². The van der Waals surface area contributed by atoms with E-state index in [2.05, 4.69) is 5.32 Å². The standard InChI is InChI=1S/C15H19NO4/c1-19-13(17)15(10-6-3-7-11-15)16-14(18)20-12-8-4-2-5-9-12/h2,4-5,8-9H,3,6-7,10-11H2,1H3,(H,16,18). The Bertz CT molecular complexity index is 466. The lowest BCUT2D eigenvalue weighted by molar-refractivity contribution is -0.149. The van der Waals surface area contributed by atoms with Crippen LogP contribution in [0.1, 0.15) is 32.1 Å². The van der Waals surface area contributed by atoms with E-state index in [0.717, 1.165) is 19.3 Å². The van der Waals surface area contributed by atoms with Gasteiger partial charge in [0.15, 0.2) is 0 Å². The first-order valence-electron chi connectivity index (χ1n) is 6.80. The number of carbonyl (C=O) groups excluding carboxylic acids is 2. The van der Waals surface area contributed by atoms with E-state index in [9.17, 15) is 9.59 Å². The molecule has 1 aromatic carbocycles. The van der Waals surface area contributed by atoms with Crippen molar-refractivity contribution >= 4 is 12.1 Å². The summed E-state index contributed by atoms with van der Waals surface area (Å²) >= 11 is 0. The fourth-order valence-electron chi connectivity index (χ4n) is 2.55. The predicted molar refractivity (Wildman–Crippen MR) is 73.4 cm³/mol. The van der Waals surface area contributed by atoms with Crippen molar-refractivity contribution in [1.29, 1.82) is 0 Å². The molecule has 108 valence electrons. The predicted octanol–water partition coefficient (Wildman–Crippen LogP) is 2.65. The van der Waals surface area contributed by atoms with Gasteiger partial charge in [-0.25, -0.2) is 9.59 Å². The van der Waals surface area contributed by atoms with Crippen LogP contribution in [-0.4, -0.2) is 24.7 Å². The molecule has 5 nitrogen and oxygen atoms in total. The van der Waals surface area contributed by atoms with Gasteiger partial charge in [0.05, 0.1) is 7.11 Å². The molecule has 2 rings (SSSR count). The molecule has 1 fully saturated rings. The lowest BCUT2D eigenvalue weighted by Gasteiger charge is -2.34. The van der Waals surface area contributed by atoms with Crippen molar-refractivity contribution in [2.24, 2.45) is 0 Å². The van der Waals surface area contributed by atoms with Gasteiger partial charge in [0, 0.05) is 0 Å². The number of nitrogens with one attached hydrogen (secondary N) is 1. The first-order valence-corrected chi connectivity index (χ1v) is 6.80. The number of rotatable bonds is 3. The molecule has 1 aliphatic carbocycles. The second-order valence-electron chi connectivity index (χ2n) is 4.96. The molecule has 1 saturated carbocycles. The van der Waals surface area contributed by atoms with Gasteiger partial charge in [-0.05, 0) is 25.0 Å². The van der Waals surface area contributed by atoms with Crippen LogP contribution in [0.2, 0.25) is 0 Å². The van der Waals surface area contributed by atoms with Crippen LogP contribution < -0.4 is 10.1 Å². The average molecular weight is 277 g/mol. The maximum absolute atomic E-state index is 12.0. The Morgan fingerprint density at radius 2 is 1.75 bits per heavy atom. The molecule has 20 heavy (non-hydrogen) atoms. The highest BCUT2D eigenvalue weighted by Gasteiger charge is 2.42. The molecule has 0 atom stereocenters. The van der Waals surface area contributed by atoms with E-state index in [0.29, 0.717) is 18.6 Å². The number of methoxy groups -OCH3 is 1. The zero-order valence-corrected chi connectivity index (χ0v) is 11.6. The van der Waals surface area contributed by atoms with Crippen LogP contribution in [0.25, 0.3) is 0 Å². The minimum absolute atomic E-state index is 0.401. The van der Waals surface area contributed by atoms with E-state index >= 15 is 0 Å². The molecule has 0 spiro atoms. The maximum Gasteiger partial charge on any atom is 0.413 e. The van der Waals surface area contributed by atoms with Gasteiger partial charge in [-0.2, -0.15) is 0 Å². The largest absolute Gasteiger partial charge is 0.467 e. The zero-order valence-electron chi connectivity index (χ0n) is 11.6. The third kappa shape index (κ3) is 3.29. The molecular formula is C15H19NO4. The molecule has 1 aromatic rings. The Morgan fingerprint density at radius 1 is 1.10 bits per heavy atom. The highest BCUT2D eigenvalue weighted by atomic mass is 16.6. The molecule has 1 N–H and O–H groups in total.